The third kappa shape index (κ3) is 10.7. The van der Waals surface area contributed by atoms with Gasteiger partial charge in [-0.3, -0.25) is 0 Å². The van der Waals surface area contributed by atoms with Crippen molar-refractivity contribution in [3.05, 3.63) is 0 Å². The first-order valence-electron chi connectivity index (χ1n) is 0.833. The Morgan fingerprint density at radius 2 is 1.57 bits per heavy atom. The van der Waals surface area contributed by atoms with Crippen LogP contribution >= 0.6 is 0 Å². The molecule has 7 heteroatoms. The minimum atomic E-state index is -4.97. The van der Waals surface area contributed by atoms with Crippen LogP contribution in [-0.4, -0.2) is 13.0 Å². The standard InChI is InChI=1S/Cu.H2O5S/c;1-5-6(2,3)4/h;1H,(H,2,3,4)/q+2;/p-2. The Hall–Kier alpha value is 0.349. The van der Waals surface area contributed by atoms with Gasteiger partial charge in [0.1, 0.15) is 0 Å². The van der Waals surface area contributed by atoms with Crippen LogP contribution in [0.25, 0.3) is 0 Å². The van der Waals surface area contributed by atoms with Gasteiger partial charge in [-0.2, -0.15) is 0 Å². The third-order valence-corrected chi connectivity index (χ3v) is 0.250. The van der Waals surface area contributed by atoms with Crippen LogP contribution in [0.4, 0.5) is 0 Å². The quantitative estimate of drug-likeness (QED) is 0.148. The van der Waals surface area contributed by atoms with Gasteiger partial charge in [0.2, 0.25) is 10.4 Å². The van der Waals surface area contributed by atoms with Gasteiger partial charge in [0.15, 0.2) is 0 Å². The van der Waals surface area contributed by atoms with E-state index >= 15 is 0 Å². The fraction of sp³-hybridized carbons (Fsp3) is 0. The van der Waals surface area contributed by atoms with E-state index in [1.54, 1.807) is 0 Å². The molecule has 1 radical (unpaired) electrons. The van der Waals surface area contributed by atoms with E-state index in [0.29, 0.717) is 0 Å². The normalized spacial score (nSPS) is 10.0. The predicted octanol–water partition coefficient (Wildman–Crippen LogP) is -2.26. The van der Waals surface area contributed by atoms with Gasteiger partial charge in [0.25, 0.3) is 0 Å². The van der Waals surface area contributed by atoms with Gasteiger partial charge in [0, 0.05) is 0 Å². The monoisotopic (exact) mass is 175 g/mol. The Morgan fingerprint density at radius 1 is 1.43 bits per heavy atom. The van der Waals surface area contributed by atoms with E-state index in [1.807, 2.05) is 0 Å². The summed E-state index contributed by atoms with van der Waals surface area (Å²) in [6.07, 6.45) is 0. The van der Waals surface area contributed by atoms with E-state index in [1.165, 1.54) is 0 Å². The zero-order chi connectivity index (χ0) is 5.21. The third-order valence-electron chi connectivity index (χ3n) is 0.0833. The van der Waals surface area contributed by atoms with Crippen molar-refractivity contribution in [2.45, 2.75) is 0 Å². The molecule has 0 bridgehead atoms. The van der Waals surface area contributed by atoms with Gasteiger partial charge < -0.3 is 14.1 Å². The molecule has 0 aromatic carbocycles. The Balaban J connectivity index is 0. The van der Waals surface area contributed by atoms with Crippen molar-refractivity contribution in [2.75, 3.05) is 0 Å². The van der Waals surface area contributed by atoms with Crippen molar-refractivity contribution in [2.24, 2.45) is 0 Å². The van der Waals surface area contributed by atoms with Crippen molar-refractivity contribution >= 4 is 10.4 Å². The molecule has 0 fully saturated rings. The molecule has 0 heterocycles. The van der Waals surface area contributed by atoms with E-state index < -0.39 is 10.4 Å². The summed E-state index contributed by atoms with van der Waals surface area (Å²) in [7, 11) is -4.97. The van der Waals surface area contributed by atoms with Crippen LogP contribution in [0.15, 0.2) is 0 Å². The molecule has 0 aliphatic heterocycles. The van der Waals surface area contributed by atoms with E-state index in [2.05, 4.69) is 4.33 Å². The maximum absolute atomic E-state index is 8.91. The summed E-state index contributed by atoms with van der Waals surface area (Å²) >= 11 is 0. The summed E-state index contributed by atoms with van der Waals surface area (Å²) in [5, 5.41) is 8.55. The maximum Gasteiger partial charge on any atom is 2.00 e. The van der Waals surface area contributed by atoms with Gasteiger partial charge in [0.05, 0.1) is 0 Å². The smallest absolute Gasteiger partial charge is 0.726 e. The summed E-state index contributed by atoms with van der Waals surface area (Å²) in [6, 6.07) is 0. The molecule has 7 heavy (non-hydrogen) atoms. The molecule has 0 spiro atoms. The SMILES string of the molecule is O=S(=O)([O-])O[O-].[Cu+2]. The second-order valence-electron chi connectivity index (χ2n) is 0.476. The summed E-state index contributed by atoms with van der Waals surface area (Å²) in [5.74, 6) is 0. The van der Waals surface area contributed by atoms with Crippen molar-refractivity contribution in [3.63, 3.8) is 0 Å². The average Bonchev–Trinajstić information content (AvgIpc) is 1.35. The van der Waals surface area contributed by atoms with Crippen molar-refractivity contribution < 1.29 is 39.6 Å². The molecule has 0 N–H and O–H groups in total. The van der Waals surface area contributed by atoms with Crippen LogP contribution in [0.3, 0.4) is 0 Å². The van der Waals surface area contributed by atoms with Crippen LogP contribution < -0.4 is 5.26 Å². The molecule has 0 saturated carbocycles. The summed E-state index contributed by atoms with van der Waals surface area (Å²) in [4.78, 5) is 0. The summed E-state index contributed by atoms with van der Waals surface area (Å²) < 4.78 is 28.8. The molecule has 0 unspecified atom stereocenters. The van der Waals surface area contributed by atoms with Crippen LogP contribution in [0.5, 0.6) is 0 Å². The van der Waals surface area contributed by atoms with Gasteiger partial charge in [-0.15, -0.1) is 0 Å². The van der Waals surface area contributed by atoms with Gasteiger partial charge in [-0.05, 0) is 0 Å². The second-order valence-corrected chi connectivity index (χ2v) is 1.43. The minimum absolute atomic E-state index is 0. The fourth-order valence-electron chi connectivity index (χ4n) is 0. The zero-order valence-corrected chi connectivity index (χ0v) is 4.51. The van der Waals surface area contributed by atoms with Gasteiger partial charge >= 0.3 is 17.1 Å². The molecule has 5 nitrogen and oxygen atoms in total. The molecule has 0 aliphatic rings. The topological polar surface area (TPSA) is 89.5 Å². The molecule has 0 saturated heterocycles. The van der Waals surface area contributed by atoms with Crippen molar-refractivity contribution in [3.8, 4) is 0 Å². The molecule has 0 rings (SSSR count). The van der Waals surface area contributed by atoms with E-state index in [-0.39, 0.29) is 17.1 Å². The predicted molar refractivity (Wildman–Crippen MR) is 10.8 cm³/mol. The van der Waals surface area contributed by atoms with Crippen molar-refractivity contribution in [1.29, 1.82) is 0 Å². The van der Waals surface area contributed by atoms with Crippen LogP contribution in [0.1, 0.15) is 0 Å². The minimum Gasteiger partial charge on any atom is -0.726 e. The summed E-state index contributed by atoms with van der Waals surface area (Å²) in [5.41, 5.74) is 0. The fourth-order valence-corrected chi connectivity index (χ4v) is 0. The summed E-state index contributed by atoms with van der Waals surface area (Å²) in [6.45, 7) is 0. The van der Waals surface area contributed by atoms with Crippen LogP contribution in [0, 0.1) is 0 Å². The molecule has 0 aromatic rings. The first-order chi connectivity index (χ1) is 2.56. The van der Waals surface area contributed by atoms with Crippen LogP contribution in [0.2, 0.25) is 0 Å². The Labute approximate surface area is 50.6 Å². The first-order valence-corrected chi connectivity index (χ1v) is 2.17. The molecular formula is CuO5S. The molecular weight excluding hydrogens is 176 g/mol. The van der Waals surface area contributed by atoms with Gasteiger partial charge in [-0.1, -0.05) is 0 Å². The van der Waals surface area contributed by atoms with E-state index in [9.17, 15) is 0 Å². The van der Waals surface area contributed by atoms with E-state index in [4.69, 9.17) is 18.2 Å². The first kappa shape index (κ1) is 10.4. The van der Waals surface area contributed by atoms with Crippen molar-refractivity contribution in [1.82, 2.24) is 0 Å². The molecule has 0 amide bonds. The maximum atomic E-state index is 8.91. The molecule has 0 aliphatic carbocycles. The van der Waals surface area contributed by atoms with E-state index in [0.717, 1.165) is 0 Å². The Kier molecular flexibility index (Phi) is 4.98. The Bertz CT molecular complexity index is 110. The van der Waals surface area contributed by atoms with Gasteiger partial charge in [-0.25, -0.2) is 8.42 Å². The number of rotatable bonds is 1. The van der Waals surface area contributed by atoms with Crippen LogP contribution in [-0.2, 0) is 31.8 Å². The largest absolute Gasteiger partial charge is 2.00 e. The molecule has 0 atom stereocenters. The number of hydrogen-bond acceptors (Lipinski definition) is 5. The number of hydrogen-bond donors (Lipinski definition) is 0. The molecule has 47 valence electrons. The Morgan fingerprint density at radius 3 is 1.57 bits per heavy atom. The zero-order valence-electron chi connectivity index (χ0n) is 2.75. The molecule has 0 aromatic heterocycles. The second kappa shape index (κ2) is 3.36. The average molecular weight is 176 g/mol.